The number of hydrogen-bond donors (Lipinski definition) is 1. The molecule has 2 fully saturated rings. The first-order valence-electron chi connectivity index (χ1n) is 10.6. The molecule has 1 aromatic carbocycles. The Hall–Kier alpha value is -2.67. The number of likely N-dealkylation sites (tertiary alicyclic amines) is 2. The fraction of sp³-hybridized carbons (Fsp3) is 0.435. The summed E-state index contributed by atoms with van der Waals surface area (Å²) in [5, 5.41) is 4.86. The van der Waals surface area contributed by atoms with Crippen LogP contribution in [0, 0.1) is 11.8 Å². The van der Waals surface area contributed by atoms with Crippen LogP contribution in [0.2, 0.25) is 0 Å². The molecular formula is C23H27N3O3S. The van der Waals surface area contributed by atoms with Crippen molar-refractivity contribution in [3.63, 3.8) is 0 Å². The van der Waals surface area contributed by atoms with Gasteiger partial charge in [0.1, 0.15) is 0 Å². The van der Waals surface area contributed by atoms with E-state index < -0.39 is 0 Å². The van der Waals surface area contributed by atoms with Crippen molar-refractivity contribution < 1.29 is 14.4 Å². The number of nitrogens with zero attached hydrogens (tertiary/aromatic N) is 2. The highest BCUT2D eigenvalue weighted by Crippen LogP contribution is 2.25. The van der Waals surface area contributed by atoms with E-state index in [1.165, 1.54) is 11.3 Å². The number of hydrogen-bond acceptors (Lipinski definition) is 4. The molecule has 3 amide bonds. The second-order valence-corrected chi connectivity index (χ2v) is 8.99. The lowest BCUT2D eigenvalue weighted by Crippen LogP contribution is -2.50. The van der Waals surface area contributed by atoms with E-state index in [0.29, 0.717) is 26.2 Å². The molecule has 158 valence electrons. The maximum absolute atomic E-state index is 13.2. The zero-order valence-electron chi connectivity index (χ0n) is 17.0. The van der Waals surface area contributed by atoms with E-state index in [4.69, 9.17) is 0 Å². The van der Waals surface area contributed by atoms with Gasteiger partial charge in [-0.15, -0.1) is 11.3 Å². The average Bonchev–Trinajstić information content (AvgIpc) is 3.34. The summed E-state index contributed by atoms with van der Waals surface area (Å²) in [5.41, 5.74) is 0.779. The Morgan fingerprint density at radius 2 is 1.57 bits per heavy atom. The Labute approximate surface area is 180 Å². The number of nitrogens with one attached hydrogen (secondary N) is 1. The molecule has 3 heterocycles. The zero-order chi connectivity index (χ0) is 20.9. The number of amides is 3. The van der Waals surface area contributed by atoms with Crippen molar-refractivity contribution in [3.05, 3.63) is 52.7 Å². The minimum atomic E-state index is -0.199. The van der Waals surface area contributed by atoms with Crippen LogP contribution in [0.5, 0.6) is 0 Å². The van der Waals surface area contributed by atoms with E-state index in [0.717, 1.165) is 36.2 Å². The molecule has 1 aromatic heterocycles. The third-order valence-electron chi connectivity index (χ3n) is 5.93. The van der Waals surface area contributed by atoms with E-state index in [9.17, 15) is 14.4 Å². The Morgan fingerprint density at radius 1 is 0.867 bits per heavy atom. The molecule has 0 saturated carbocycles. The predicted molar refractivity (Wildman–Crippen MR) is 117 cm³/mol. The van der Waals surface area contributed by atoms with E-state index >= 15 is 0 Å². The van der Waals surface area contributed by atoms with Crippen molar-refractivity contribution in [1.82, 2.24) is 9.80 Å². The Morgan fingerprint density at radius 3 is 2.30 bits per heavy atom. The molecule has 2 aromatic rings. The molecule has 1 N–H and O–H groups in total. The number of carbonyl (C=O) groups is 3. The van der Waals surface area contributed by atoms with Gasteiger partial charge in [-0.1, -0.05) is 24.3 Å². The second-order valence-electron chi connectivity index (χ2n) is 8.05. The average molecular weight is 426 g/mol. The number of thiophene rings is 1. The molecule has 0 radical (unpaired) electrons. The minimum absolute atomic E-state index is 0.0151. The van der Waals surface area contributed by atoms with Crippen molar-refractivity contribution in [2.75, 3.05) is 31.5 Å². The van der Waals surface area contributed by atoms with E-state index in [1.807, 2.05) is 52.7 Å². The van der Waals surface area contributed by atoms with Crippen LogP contribution in [0.1, 0.15) is 35.4 Å². The van der Waals surface area contributed by atoms with Gasteiger partial charge in [0.25, 0.3) is 5.91 Å². The molecule has 7 heteroatoms. The third-order valence-corrected chi connectivity index (χ3v) is 6.79. The summed E-state index contributed by atoms with van der Waals surface area (Å²) in [6.45, 7) is 2.30. The van der Waals surface area contributed by atoms with E-state index in [1.54, 1.807) is 4.90 Å². The maximum Gasteiger partial charge on any atom is 0.263 e. The summed E-state index contributed by atoms with van der Waals surface area (Å²) < 4.78 is 0. The van der Waals surface area contributed by atoms with Crippen molar-refractivity contribution in [2.45, 2.75) is 25.7 Å². The summed E-state index contributed by atoms with van der Waals surface area (Å²) in [6, 6.07) is 13.1. The molecular weight excluding hydrogens is 398 g/mol. The van der Waals surface area contributed by atoms with Gasteiger partial charge in [-0.2, -0.15) is 0 Å². The lowest BCUT2D eigenvalue weighted by molar-refractivity contribution is -0.139. The van der Waals surface area contributed by atoms with Crippen LogP contribution in [0.15, 0.2) is 47.8 Å². The van der Waals surface area contributed by atoms with Gasteiger partial charge in [-0.05, 0) is 49.3 Å². The number of rotatable bonds is 4. The summed E-state index contributed by atoms with van der Waals surface area (Å²) in [5.74, 6) is -0.317. The summed E-state index contributed by atoms with van der Waals surface area (Å²) >= 11 is 1.44. The Bertz CT molecular complexity index is 884. The second kappa shape index (κ2) is 9.43. The smallest absolute Gasteiger partial charge is 0.263 e. The standard InChI is InChI=1S/C23H27N3O3S/c27-21(24-19-9-2-1-3-10-19)17-7-4-12-25(15-17)22(28)18-8-5-13-26(16-18)23(29)20-11-6-14-30-20/h1-3,6,9-11,14,17-18H,4-5,7-8,12-13,15-16H2,(H,24,27)/t17-,18+/m1/s1. The van der Waals surface area contributed by atoms with Gasteiger partial charge >= 0.3 is 0 Å². The monoisotopic (exact) mass is 425 g/mol. The molecule has 4 rings (SSSR count). The molecule has 6 nitrogen and oxygen atoms in total. The van der Waals surface area contributed by atoms with Crippen LogP contribution in [0.3, 0.4) is 0 Å². The van der Waals surface area contributed by atoms with Gasteiger partial charge in [-0.3, -0.25) is 14.4 Å². The molecule has 2 atom stereocenters. The summed E-state index contributed by atoms with van der Waals surface area (Å²) in [6.07, 6.45) is 3.24. The van der Waals surface area contributed by atoms with Crippen molar-refractivity contribution in [2.24, 2.45) is 11.8 Å². The molecule has 0 bridgehead atoms. The minimum Gasteiger partial charge on any atom is -0.342 e. The van der Waals surface area contributed by atoms with Gasteiger partial charge in [0.05, 0.1) is 16.7 Å². The van der Waals surface area contributed by atoms with Crippen LogP contribution in [0.25, 0.3) is 0 Å². The quantitative estimate of drug-likeness (QED) is 0.815. The van der Waals surface area contributed by atoms with Gasteiger partial charge in [-0.25, -0.2) is 0 Å². The number of piperidine rings is 2. The summed E-state index contributed by atoms with van der Waals surface area (Å²) in [7, 11) is 0. The normalized spacial score (nSPS) is 21.9. The third kappa shape index (κ3) is 4.73. The van der Waals surface area contributed by atoms with Crippen molar-refractivity contribution >= 4 is 34.7 Å². The first-order chi connectivity index (χ1) is 14.6. The molecule has 2 aliphatic rings. The van der Waals surface area contributed by atoms with Gasteiger partial charge in [0, 0.05) is 31.9 Å². The lowest BCUT2D eigenvalue weighted by Gasteiger charge is -2.38. The summed E-state index contributed by atoms with van der Waals surface area (Å²) in [4.78, 5) is 42.9. The molecule has 0 spiro atoms. The fourth-order valence-electron chi connectivity index (χ4n) is 4.33. The predicted octanol–water partition coefficient (Wildman–Crippen LogP) is 3.48. The van der Waals surface area contributed by atoms with E-state index in [-0.39, 0.29) is 29.6 Å². The Kier molecular flexibility index (Phi) is 6.47. The highest BCUT2D eigenvalue weighted by molar-refractivity contribution is 7.12. The first-order valence-corrected chi connectivity index (χ1v) is 11.5. The highest BCUT2D eigenvalue weighted by Gasteiger charge is 2.35. The topological polar surface area (TPSA) is 69.7 Å². The zero-order valence-corrected chi connectivity index (χ0v) is 17.8. The van der Waals surface area contributed by atoms with Crippen LogP contribution >= 0.6 is 11.3 Å². The Balaban J connectivity index is 1.35. The van der Waals surface area contributed by atoms with Crippen LogP contribution < -0.4 is 5.32 Å². The van der Waals surface area contributed by atoms with Crippen LogP contribution in [-0.4, -0.2) is 53.7 Å². The van der Waals surface area contributed by atoms with Gasteiger partial charge in [0.2, 0.25) is 11.8 Å². The van der Waals surface area contributed by atoms with E-state index in [2.05, 4.69) is 5.32 Å². The highest BCUT2D eigenvalue weighted by atomic mass is 32.1. The number of anilines is 1. The van der Waals surface area contributed by atoms with Crippen LogP contribution in [-0.2, 0) is 9.59 Å². The SMILES string of the molecule is O=C(Nc1ccccc1)[C@@H]1CCCN(C(=O)[C@H]2CCCN(C(=O)c3cccs3)C2)C1. The largest absolute Gasteiger partial charge is 0.342 e. The van der Waals surface area contributed by atoms with Crippen molar-refractivity contribution in [1.29, 1.82) is 0 Å². The first kappa shape index (κ1) is 20.6. The van der Waals surface area contributed by atoms with Crippen molar-refractivity contribution in [3.8, 4) is 0 Å². The van der Waals surface area contributed by atoms with Gasteiger partial charge < -0.3 is 15.1 Å². The lowest BCUT2D eigenvalue weighted by atomic mass is 9.92. The number of carbonyl (C=O) groups excluding carboxylic acids is 3. The fourth-order valence-corrected chi connectivity index (χ4v) is 5.03. The molecule has 2 saturated heterocycles. The molecule has 30 heavy (non-hydrogen) atoms. The van der Waals surface area contributed by atoms with Gasteiger partial charge in [0.15, 0.2) is 0 Å². The number of benzene rings is 1. The molecule has 0 aliphatic carbocycles. The maximum atomic E-state index is 13.2. The van der Waals surface area contributed by atoms with Crippen LogP contribution in [0.4, 0.5) is 5.69 Å². The molecule has 2 aliphatic heterocycles. The molecule has 0 unspecified atom stereocenters. The number of para-hydroxylation sites is 1.